The summed E-state index contributed by atoms with van der Waals surface area (Å²) in [6.07, 6.45) is -5.09. The molecule has 210 valence electrons. The first kappa shape index (κ1) is 27.6. The highest BCUT2D eigenvalue weighted by Gasteiger charge is 2.41. The van der Waals surface area contributed by atoms with Crippen LogP contribution in [-0.2, 0) is 16.4 Å². The molecule has 0 saturated carbocycles. The molecule has 11 heteroatoms. The molecule has 3 aromatic carbocycles. The number of nitrogens with zero attached hydrogens (tertiary/aromatic N) is 1. The Kier molecular flexibility index (Phi) is 6.68. The van der Waals surface area contributed by atoms with Crippen LogP contribution >= 0.6 is 0 Å². The van der Waals surface area contributed by atoms with E-state index in [2.05, 4.69) is 0 Å². The third-order valence-electron chi connectivity index (χ3n) is 6.42. The summed E-state index contributed by atoms with van der Waals surface area (Å²) in [7, 11) is 0. The third kappa shape index (κ3) is 5.30. The van der Waals surface area contributed by atoms with Gasteiger partial charge in [-0.25, -0.2) is 4.79 Å². The minimum absolute atomic E-state index is 0.00820. The number of rotatable bonds is 5. The van der Waals surface area contributed by atoms with Crippen molar-refractivity contribution in [3.8, 4) is 17.2 Å². The van der Waals surface area contributed by atoms with Gasteiger partial charge in [-0.3, -0.25) is 19.3 Å². The topological polar surface area (TPSA) is 103 Å². The highest BCUT2D eigenvalue weighted by Crippen LogP contribution is 2.39. The van der Waals surface area contributed by atoms with Gasteiger partial charge in [0.05, 0.1) is 16.5 Å². The van der Waals surface area contributed by atoms with Crippen molar-refractivity contribution in [2.75, 3.05) is 6.54 Å². The van der Waals surface area contributed by atoms with Crippen LogP contribution in [0.3, 0.4) is 0 Å². The summed E-state index contributed by atoms with van der Waals surface area (Å²) in [4.78, 5) is 51.3. The SMILES string of the molecule is CC(C)(C)c1ccc(Oc2c(C(F)(F)F)oc3cc(OC(=O)CN4C(=O)c5ccccc5C4=O)ccc3c2=O)cc1. The second-order valence-corrected chi connectivity index (χ2v) is 10.3. The molecule has 0 aliphatic carbocycles. The second kappa shape index (κ2) is 9.92. The van der Waals surface area contributed by atoms with Gasteiger partial charge < -0.3 is 13.9 Å². The number of ether oxygens (including phenoxy) is 2. The van der Waals surface area contributed by atoms with Crippen molar-refractivity contribution in [2.24, 2.45) is 0 Å². The zero-order valence-electron chi connectivity index (χ0n) is 22.0. The summed E-state index contributed by atoms with van der Waals surface area (Å²) in [6.45, 7) is 5.18. The Hall–Kier alpha value is -4.93. The number of benzene rings is 3. The van der Waals surface area contributed by atoms with Crippen LogP contribution in [0.1, 0.15) is 52.8 Å². The molecular weight excluding hydrogens is 543 g/mol. The first-order valence-corrected chi connectivity index (χ1v) is 12.4. The quantitative estimate of drug-likeness (QED) is 0.164. The van der Waals surface area contributed by atoms with Gasteiger partial charge in [0, 0.05) is 6.07 Å². The lowest BCUT2D eigenvalue weighted by Gasteiger charge is -2.19. The molecule has 41 heavy (non-hydrogen) atoms. The lowest BCUT2D eigenvalue weighted by Crippen LogP contribution is -2.36. The fourth-order valence-corrected chi connectivity index (χ4v) is 4.32. The molecule has 0 bridgehead atoms. The van der Waals surface area contributed by atoms with Crippen LogP contribution in [0.2, 0.25) is 0 Å². The summed E-state index contributed by atoms with van der Waals surface area (Å²) in [5.41, 5.74) is -0.604. The number of carbonyl (C=O) groups excluding carboxylic acids is 3. The zero-order chi connectivity index (χ0) is 29.7. The van der Waals surface area contributed by atoms with Crippen molar-refractivity contribution < 1.29 is 41.4 Å². The van der Waals surface area contributed by atoms with Crippen molar-refractivity contribution in [1.29, 1.82) is 0 Å². The smallest absolute Gasteiger partial charge is 0.449 e. The summed E-state index contributed by atoms with van der Waals surface area (Å²) in [5.74, 6) is -5.34. The molecule has 0 spiro atoms. The number of hydrogen-bond donors (Lipinski definition) is 0. The number of carbonyl (C=O) groups is 3. The van der Waals surface area contributed by atoms with Crippen LogP contribution in [-0.4, -0.2) is 29.2 Å². The molecule has 1 aliphatic heterocycles. The molecule has 0 radical (unpaired) electrons. The molecule has 8 nitrogen and oxygen atoms in total. The van der Waals surface area contributed by atoms with Crippen molar-refractivity contribution in [3.05, 3.63) is 99.4 Å². The molecule has 0 atom stereocenters. The normalized spacial score (nSPS) is 13.5. The molecular formula is C30H22F3NO7. The minimum Gasteiger partial charge on any atom is -0.449 e. The average molecular weight is 566 g/mol. The van der Waals surface area contributed by atoms with Gasteiger partial charge in [-0.15, -0.1) is 0 Å². The van der Waals surface area contributed by atoms with E-state index >= 15 is 0 Å². The molecule has 0 unspecified atom stereocenters. The van der Waals surface area contributed by atoms with E-state index in [1.807, 2.05) is 20.8 Å². The van der Waals surface area contributed by atoms with E-state index in [0.29, 0.717) is 4.90 Å². The number of amides is 2. The van der Waals surface area contributed by atoms with E-state index in [1.54, 1.807) is 24.3 Å². The molecule has 0 N–H and O–H groups in total. The zero-order valence-corrected chi connectivity index (χ0v) is 22.0. The number of fused-ring (bicyclic) bond motifs is 2. The van der Waals surface area contributed by atoms with E-state index in [4.69, 9.17) is 13.9 Å². The predicted octanol–water partition coefficient (Wildman–Crippen LogP) is 6.10. The van der Waals surface area contributed by atoms with E-state index in [9.17, 15) is 32.3 Å². The highest BCUT2D eigenvalue weighted by molar-refractivity contribution is 6.22. The first-order chi connectivity index (χ1) is 19.2. The Balaban J connectivity index is 1.41. The Bertz CT molecular complexity index is 1730. The maximum Gasteiger partial charge on any atom is 0.453 e. The van der Waals surface area contributed by atoms with E-state index in [-0.39, 0.29) is 33.4 Å². The number of hydrogen-bond acceptors (Lipinski definition) is 7. The standard InChI is InChI=1S/C30H22F3NO7/c1-29(2,3)16-8-10-17(11-9-16)40-25-24(36)21-13-12-18(14-22(21)41-26(25)30(31,32)33)39-23(35)15-34-27(37)19-6-4-5-7-20(19)28(34)38/h4-14H,15H2,1-3H3. The fraction of sp³-hybridized carbons (Fsp3) is 0.200. The summed E-state index contributed by atoms with van der Waals surface area (Å²) < 4.78 is 57.4. The third-order valence-corrected chi connectivity index (χ3v) is 6.42. The number of halogens is 3. The molecule has 1 aromatic heterocycles. The molecule has 4 aromatic rings. The van der Waals surface area contributed by atoms with Crippen molar-refractivity contribution in [1.82, 2.24) is 4.90 Å². The second-order valence-electron chi connectivity index (χ2n) is 10.3. The summed E-state index contributed by atoms with van der Waals surface area (Å²) in [5, 5.41) is -0.251. The van der Waals surface area contributed by atoms with E-state index in [0.717, 1.165) is 17.7 Å². The lowest BCUT2D eigenvalue weighted by atomic mass is 9.87. The summed E-state index contributed by atoms with van der Waals surface area (Å²) >= 11 is 0. The van der Waals surface area contributed by atoms with Crippen LogP contribution in [0, 0.1) is 0 Å². The van der Waals surface area contributed by atoms with Crippen LogP contribution in [0.25, 0.3) is 11.0 Å². The molecule has 0 saturated heterocycles. The van der Waals surface area contributed by atoms with Gasteiger partial charge in [0.25, 0.3) is 17.6 Å². The van der Waals surface area contributed by atoms with Gasteiger partial charge in [0.15, 0.2) is 0 Å². The monoisotopic (exact) mass is 565 g/mol. The molecule has 2 amide bonds. The Morgan fingerprint density at radius 1 is 0.854 bits per heavy atom. The van der Waals surface area contributed by atoms with Crippen molar-refractivity contribution in [2.45, 2.75) is 32.4 Å². The van der Waals surface area contributed by atoms with Gasteiger partial charge in [0.2, 0.25) is 11.2 Å². The first-order valence-electron chi connectivity index (χ1n) is 12.4. The molecule has 2 heterocycles. The number of imide groups is 1. The highest BCUT2D eigenvalue weighted by atomic mass is 19.4. The Morgan fingerprint density at radius 2 is 1.44 bits per heavy atom. The maximum atomic E-state index is 13.9. The number of esters is 1. The number of alkyl halides is 3. The van der Waals surface area contributed by atoms with Crippen LogP contribution in [0.15, 0.2) is 75.9 Å². The largest absolute Gasteiger partial charge is 0.453 e. The van der Waals surface area contributed by atoms with E-state index in [1.165, 1.54) is 30.3 Å². The fourth-order valence-electron chi connectivity index (χ4n) is 4.32. The Morgan fingerprint density at radius 3 is 2.00 bits per heavy atom. The van der Waals surface area contributed by atoms with Crippen molar-refractivity contribution >= 4 is 28.8 Å². The van der Waals surface area contributed by atoms with Crippen molar-refractivity contribution in [3.63, 3.8) is 0 Å². The molecule has 0 fully saturated rings. The predicted molar refractivity (Wildman–Crippen MR) is 140 cm³/mol. The van der Waals surface area contributed by atoms with Crippen LogP contribution in [0.5, 0.6) is 17.2 Å². The van der Waals surface area contributed by atoms with Gasteiger partial charge in [-0.2, -0.15) is 13.2 Å². The lowest BCUT2D eigenvalue weighted by molar-refractivity contribution is -0.154. The van der Waals surface area contributed by atoms with Gasteiger partial charge in [0.1, 0.15) is 23.6 Å². The van der Waals surface area contributed by atoms with Gasteiger partial charge >= 0.3 is 12.1 Å². The maximum absolute atomic E-state index is 13.9. The van der Waals surface area contributed by atoms with Crippen LogP contribution in [0.4, 0.5) is 13.2 Å². The minimum atomic E-state index is -5.09. The average Bonchev–Trinajstić information content (AvgIpc) is 3.14. The van der Waals surface area contributed by atoms with Gasteiger partial charge in [-0.05, 0) is 47.4 Å². The molecule has 5 rings (SSSR count). The van der Waals surface area contributed by atoms with Gasteiger partial charge in [-0.1, -0.05) is 45.0 Å². The Labute approximate surface area is 230 Å². The summed E-state index contributed by atoms with van der Waals surface area (Å²) in [6, 6.07) is 15.6. The van der Waals surface area contributed by atoms with Crippen LogP contribution < -0.4 is 14.9 Å². The van der Waals surface area contributed by atoms with E-state index < -0.39 is 53.0 Å². The molecule has 1 aliphatic rings.